The van der Waals surface area contributed by atoms with E-state index in [9.17, 15) is 0 Å². The number of nitrogens with one attached hydrogen (secondary N) is 1. The zero-order valence-corrected chi connectivity index (χ0v) is 13.2. The summed E-state index contributed by atoms with van der Waals surface area (Å²) in [5.41, 5.74) is 3.90. The van der Waals surface area contributed by atoms with E-state index >= 15 is 0 Å². The summed E-state index contributed by atoms with van der Waals surface area (Å²) in [4.78, 5) is 2.41. The minimum Gasteiger partial charge on any atom is -0.492 e. The van der Waals surface area contributed by atoms with Crippen LogP contribution in [0.25, 0.3) is 0 Å². The highest BCUT2D eigenvalue weighted by Crippen LogP contribution is 2.34. The van der Waals surface area contributed by atoms with Crippen molar-refractivity contribution in [3.05, 3.63) is 28.8 Å². The Morgan fingerprint density at radius 3 is 2.71 bits per heavy atom. The molecule has 0 aromatic heterocycles. The molecule has 0 saturated carbocycles. The van der Waals surface area contributed by atoms with Crippen LogP contribution < -0.4 is 10.1 Å². The molecular formula is C17H26N2O2. The Morgan fingerprint density at radius 2 is 2.05 bits per heavy atom. The molecule has 0 radical (unpaired) electrons. The fourth-order valence-electron chi connectivity index (χ4n) is 3.10. The number of rotatable bonds is 5. The summed E-state index contributed by atoms with van der Waals surface area (Å²) in [7, 11) is 0. The summed E-state index contributed by atoms with van der Waals surface area (Å²) in [6.45, 7) is 10.9. The van der Waals surface area contributed by atoms with Gasteiger partial charge in [0.25, 0.3) is 0 Å². The molecule has 1 N–H and O–H groups in total. The van der Waals surface area contributed by atoms with Crippen LogP contribution in [0.3, 0.4) is 0 Å². The molecule has 0 bridgehead atoms. The van der Waals surface area contributed by atoms with Crippen LogP contribution in [-0.4, -0.2) is 50.9 Å². The monoisotopic (exact) mass is 290 g/mol. The third kappa shape index (κ3) is 3.57. The highest BCUT2D eigenvalue weighted by Gasteiger charge is 2.23. The van der Waals surface area contributed by atoms with Gasteiger partial charge in [-0.15, -0.1) is 0 Å². The second-order valence-corrected chi connectivity index (χ2v) is 6.10. The lowest BCUT2D eigenvalue weighted by Crippen LogP contribution is -2.39. The van der Waals surface area contributed by atoms with E-state index in [1.807, 2.05) is 0 Å². The molecule has 4 nitrogen and oxygen atoms in total. The molecule has 2 saturated heterocycles. The van der Waals surface area contributed by atoms with E-state index in [0.717, 1.165) is 51.7 Å². The van der Waals surface area contributed by atoms with Gasteiger partial charge < -0.3 is 14.8 Å². The van der Waals surface area contributed by atoms with Crippen molar-refractivity contribution in [2.45, 2.75) is 26.3 Å². The summed E-state index contributed by atoms with van der Waals surface area (Å²) in [6.07, 6.45) is 1.21. The Labute approximate surface area is 127 Å². The Bertz CT molecular complexity index is 480. The SMILES string of the molecule is Cc1cc(C)c(OCCN2CCOCC2)c(C2CCN2)c1. The quantitative estimate of drug-likeness (QED) is 0.900. The van der Waals surface area contributed by atoms with Crippen molar-refractivity contribution in [2.75, 3.05) is 46.0 Å². The van der Waals surface area contributed by atoms with Crippen LogP contribution in [0.1, 0.15) is 29.2 Å². The summed E-state index contributed by atoms with van der Waals surface area (Å²) in [5.74, 6) is 1.09. The lowest BCUT2D eigenvalue weighted by Gasteiger charge is -2.31. The molecule has 1 aromatic rings. The predicted molar refractivity (Wildman–Crippen MR) is 84.0 cm³/mol. The Hall–Kier alpha value is -1.10. The van der Waals surface area contributed by atoms with E-state index in [0.29, 0.717) is 6.04 Å². The van der Waals surface area contributed by atoms with E-state index in [1.54, 1.807) is 0 Å². The Balaban J connectivity index is 1.63. The second kappa shape index (κ2) is 6.77. The van der Waals surface area contributed by atoms with Crippen LogP contribution in [0.2, 0.25) is 0 Å². The van der Waals surface area contributed by atoms with Gasteiger partial charge in [0.15, 0.2) is 0 Å². The number of benzene rings is 1. The van der Waals surface area contributed by atoms with Crippen molar-refractivity contribution >= 4 is 0 Å². The number of hydrogen-bond acceptors (Lipinski definition) is 4. The van der Waals surface area contributed by atoms with Crippen LogP contribution in [-0.2, 0) is 4.74 Å². The molecule has 1 atom stereocenters. The van der Waals surface area contributed by atoms with Crippen LogP contribution in [0.5, 0.6) is 5.75 Å². The van der Waals surface area contributed by atoms with Gasteiger partial charge in [0, 0.05) is 31.2 Å². The third-order valence-corrected chi connectivity index (χ3v) is 4.40. The third-order valence-electron chi connectivity index (χ3n) is 4.40. The van der Waals surface area contributed by atoms with Gasteiger partial charge in [0.1, 0.15) is 12.4 Å². The van der Waals surface area contributed by atoms with Crippen LogP contribution in [0, 0.1) is 13.8 Å². The second-order valence-electron chi connectivity index (χ2n) is 6.10. The molecule has 0 aliphatic carbocycles. The van der Waals surface area contributed by atoms with Gasteiger partial charge >= 0.3 is 0 Å². The number of hydrogen-bond donors (Lipinski definition) is 1. The average molecular weight is 290 g/mol. The summed E-state index contributed by atoms with van der Waals surface area (Å²) >= 11 is 0. The van der Waals surface area contributed by atoms with Crippen molar-refractivity contribution in [3.8, 4) is 5.75 Å². The fraction of sp³-hybridized carbons (Fsp3) is 0.647. The molecule has 1 aromatic carbocycles. The average Bonchev–Trinajstić information content (AvgIpc) is 2.41. The highest BCUT2D eigenvalue weighted by atomic mass is 16.5. The molecule has 2 heterocycles. The number of aryl methyl sites for hydroxylation is 2. The molecule has 0 spiro atoms. The van der Waals surface area contributed by atoms with E-state index in [2.05, 4.69) is 36.2 Å². The number of ether oxygens (including phenoxy) is 2. The maximum absolute atomic E-state index is 6.16. The molecule has 21 heavy (non-hydrogen) atoms. The molecule has 2 fully saturated rings. The van der Waals surface area contributed by atoms with Gasteiger partial charge in [0.05, 0.1) is 13.2 Å². The van der Waals surface area contributed by atoms with Gasteiger partial charge in [-0.2, -0.15) is 0 Å². The molecule has 4 heteroatoms. The van der Waals surface area contributed by atoms with Crippen LogP contribution in [0.15, 0.2) is 12.1 Å². The first-order valence-corrected chi connectivity index (χ1v) is 8.01. The van der Waals surface area contributed by atoms with Crippen molar-refractivity contribution < 1.29 is 9.47 Å². The van der Waals surface area contributed by atoms with Crippen molar-refractivity contribution in [1.82, 2.24) is 10.2 Å². The molecule has 3 rings (SSSR count). The van der Waals surface area contributed by atoms with Gasteiger partial charge in [-0.3, -0.25) is 4.90 Å². The molecule has 2 aliphatic rings. The molecule has 1 unspecified atom stereocenters. The minimum absolute atomic E-state index is 0.474. The largest absolute Gasteiger partial charge is 0.492 e. The van der Waals surface area contributed by atoms with Gasteiger partial charge in [-0.1, -0.05) is 17.7 Å². The standard InChI is InChI=1S/C17H26N2O2/c1-13-11-14(2)17(15(12-13)16-3-4-18-16)21-10-7-19-5-8-20-9-6-19/h11-12,16,18H,3-10H2,1-2H3. The van der Waals surface area contributed by atoms with Crippen LogP contribution >= 0.6 is 0 Å². The van der Waals surface area contributed by atoms with Gasteiger partial charge in [-0.05, 0) is 32.4 Å². The summed E-state index contributed by atoms with van der Waals surface area (Å²) in [6, 6.07) is 4.96. The molecular weight excluding hydrogens is 264 g/mol. The van der Waals surface area contributed by atoms with Crippen molar-refractivity contribution in [2.24, 2.45) is 0 Å². The zero-order valence-electron chi connectivity index (χ0n) is 13.2. The maximum Gasteiger partial charge on any atom is 0.127 e. The highest BCUT2D eigenvalue weighted by molar-refractivity contribution is 5.46. The maximum atomic E-state index is 6.16. The smallest absolute Gasteiger partial charge is 0.127 e. The van der Waals surface area contributed by atoms with E-state index in [4.69, 9.17) is 9.47 Å². The number of nitrogens with zero attached hydrogens (tertiary/aromatic N) is 1. The van der Waals surface area contributed by atoms with E-state index in [-0.39, 0.29) is 0 Å². The lowest BCUT2D eigenvalue weighted by atomic mass is 9.93. The summed E-state index contributed by atoms with van der Waals surface area (Å²) in [5, 5.41) is 3.49. The zero-order chi connectivity index (χ0) is 14.7. The van der Waals surface area contributed by atoms with Crippen molar-refractivity contribution in [1.29, 1.82) is 0 Å². The Kier molecular flexibility index (Phi) is 4.78. The Morgan fingerprint density at radius 1 is 1.29 bits per heavy atom. The molecule has 0 amide bonds. The number of morpholine rings is 1. The van der Waals surface area contributed by atoms with E-state index in [1.165, 1.54) is 23.1 Å². The first-order valence-electron chi connectivity index (χ1n) is 8.01. The normalized spacial score (nSPS) is 22.9. The fourth-order valence-corrected chi connectivity index (χ4v) is 3.10. The molecule has 116 valence electrons. The van der Waals surface area contributed by atoms with Crippen LogP contribution in [0.4, 0.5) is 0 Å². The minimum atomic E-state index is 0.474. The topological polar surface area (TPSA) is 33.7 Å². The van der Waals surface area contributed by atoms with Gasteiger partial charge in [0.2, 0.25) is 0 Å². The van der Waals surface area contributed by atoms with E-state index < -0.39 is 0 Å². The van der Waals surface area contributed by atoms with Gasteiger partial charge in [-0.25, -0.2) is 0 Å². The predicted octanol–water partition coefficient (Wildman–Crippen LogP) is 2.05. The first-order chi connectivity index (χ1) is 10.2. The van der Waals surface area contributed by atoms with Crippen molar-refractivity contribution in [3.63, 3.8) is 0 Å². The molecule has 2 aliphatic heterocycles. The first kappa shape index (κ1) is 14.8. The lowest BCUT2D eigenvalue weighted by molar-refractivity contribution is 0.0321. The summed E-state index contributed by atoms with van der Waals surface area (Å²) < 4.78 is 11.5.